The Morgan fingerprint density at radius 3 is 2.88 bits per heavy atom. The molecular formula is C4H7KNOS. The molecule has 1 aliphatic rings. The van der Waals surface area contributed by atoms with Crippen molar-refractivity contribution in [3.63, 3.8) is 0 Å². The van der Waals surface area contributed by atoms with Gasteiger partial charge in [-0.25, -0.2) is 4.72 Å². The van der Waals surface area contributed by atoms with Gasteiger partial charge in [-0.15, -0.1) is 0 Å². The Morgan fingerprint density at radius 1 is 1.88 bits per heavy atom. The first-order valence-corrected chi connectivity index (χ1v) is 2.87. The zero-order valence-corrected chi connectivity index (χ0v) is 9.04. The zero-order valence-electron chi connectivity index (χ0n) is 5.10. The van der Waals surface area contributed by atoms with E-state index in [1.54, 1.807) is 0 Å². The van der Waals surface area contributed by atoms with Crippen LogP contribution in [0.1, 0.15) is 6.92 Å². The first-order valence-electron chi connectivity index (χ1n) is 2.13. The number of hydrogen-bond acceptors (Lipinski definition) is 3. The summed E-state index contributed by atoms with van der Waals surface area (Å²) >= 11 is 1.28. The summed E-state index contributed by atoms with van der Waals surface area (Å²) in [4.78, 5) is 0. The van der Waals surface area contributed by atoms with Crippen molar-refractivity contribution in [2.45, 2.75) is 6.92 Å². The second-order valence-electron chi connectivity index (χ2n) is 1.33. The molecule has 1 radical (unpaired) electrons. The van der Waals surface area contributed by atoms with E-state index < -0.39 is 0 Å². The van der Waals surface area contributed by atoms with E-state index >= 15 is 0 Å². The minimum atomic E-state index is 0. The summed E-state index contributed by atoms with van der Waals surface area (Å²) in [6.07, 6.45) is 2.00. The number of hydrogen-bond donors (Lipinski definition) is 1. The average Bonchev–Trinajstić information content (AvgIpc) is 1.69. The number of nitrogens with one attached hydrogen (secondary N) is 1. The first-order chi connectivity index (χ1) is 3.39. The molecule has 41 valence electrons. The molecule has 0 saturated carbocycles. The molecule has 1 rings (SSSR count). The van der Waals surface area contributed by atoms with E-state index in [9.17, 15) is 0 Å². The van der Waals surface area contributed by atoms with Crippen molar-refractivity contribution in [2.24, 2.45) is 0 Å². The molecule has 0 aromatic carbocycles. The van der Waals surface area contributed by atoms with Crippen LogP contribution in [0.2, 0.25) is 0 Å². The topological polar surface area (TPSA) is 21.3 Å². The fourth-order valence-corrected chi connectivity index (χ4v) is 0.758. The van der Waals surface area contributed by atoms with Gasteiger partial charge in [0.2, 0.25) is 0 Å². The molecule has 2 nitrogen and oxygen atoms in total. The van der Waals surface area contributed by atoms with Crippen LogP contribution in [0.4, 0.5) is 0 Å². The van der Waals surface area contributed by atoms with Crippen LogP contribution in [-0.4, -0.2) is 57.9 Å². The van der Waals surface area contributed by atoms with E-state index in [-0.39, 0.29) is 51.4 Å². The maximum absolute atomic E-state index is 4.94. The van der Waals surface area contributed by atoms with Gasteiger partial charge >= 0.3 is 0 Å². The van der Waals surface area contributed by atoms with Gasteiger partial charge in [-0.2, -0.15) is 0 Å². The molecule has 0 bridgehead atoms. The Labute approximate surface area is 96.2 Å². The number of allylic oxidation sites excluding steroid dienone is 1. The van der Waals surface area contributed by atoms with E-state index in [2.05, 4.69) is 4.72 Å². The van der Waals surface area contributed by atoms with Crippen molar-refractivity contribution in [1.29, 1.82) is 0 Å². The van der Waals surface area contributed by atoms with E-state index in [1.807, 2.05) is 13.0 Å². The molecule has 0 atom stereocenters. The van der Waals surface area contributed by atoms with E-state index in [0.717, 1.165) is 12.3 Å². The summed E-state index contributed by atoms with van der Waals surface area (Å²) in [7, 11) is 0. The van der Waals surface area contributed by atoms with Crippen molar-refractivity contribution in [2.75, 3.05) is 6.54 Å². The zero-order chi connectivity index (χ0) is 5.11. The molecule has 8 heavy (non-hydrogen) atoms. The van der Waals surface area contributed by atoms with Gasteiger partial charge in [0.15, 0.2) is 0 Å². The van der Waals surface area contributed by atoms with Crippen LogP contribution in [0.5, 0.6) is 0 Å². The van der Waals surface area contributed by atoms with Crippen molar-refractivity contribution < 1.29 is 4.18 Å². The van der Waals surface area contributed by atoms with Crippen LogP contribution in [-0.2, 0) is 4.18 Å². The van der Waals surface area contributed by atoms with Crippen LogP contribution in [0.3, 0.4) is 0 Å². The molecule has 0 saturated heterocycles. The third-order valence-corrected chi connectivity index (χ3v) is 1.34. The first kappa shape index (κ1) is 9.49. The minimum Gasteiger partial charge on any atom is -0.415 e. The SMILES string of the molecule is CC1=CCNSO1.[K]. The van der Waals surface area contributed by atoms with Crippen LogP contribution in [0.25, 0.3) is 0 Å². The van der Waals surface area contributed by atoms with Gasteiger partial charge in [0, 0.05) is 57.9 Å². The quantitative estimate of drug-likeness (QED) is 0.317. The van der Waals surface area contributed by atoms with Gasteiger partial charge < -0.3 is 4.18 Å². The molecule has 0 unspecified atom stereocenters. The molecule has 0 spiro atoms. The summed E-state index contributed by atoms with van der Waals surface area (Å²) in [5.74, 6) is 0.990. The van der Waals surface area contributed by atoms with Crippen molar-refractivity contribution in [1.82, 2.24) is 4.72 Å². The molecule has 1 heterocycles. The van der Waals surface area contributed by atoms with Crippen LogP contribution >= 0.6 is 12.2 Å². The molecule has 0 aromatic heterocycles. The van der Waals surface area contributed by atoms with Crippen LogP contribution < -0.4 is 4.72 Å². The average molecular weight is 156 g/mol. The van der Waals surface area contributed by atoms with Gasteiger partial charge in [-0.05, 0) is 13.0 Å². The summed E-state index contributed by atoms with van der Waals surface area (Å²) in [5.41, 5.74) is 0. The molecule has 1 N–H and O–H groups in total. The Hall–Kier alpha value is 1.49. The number of rotatable bonds is 0. The van der Waals surface area contributed by atoms with E-state index in [4.69, 9.17) is 4.18 Å². The Kier molecular flexibility index (Phi) is 6.27. The van der Waals surface area contributed by atoms with Gasteiger partial charge in [-0.3, -0.25) is 0 Å². The van der Waals surface area contributed by atoms with Crippen LogP contribution in [0.15, 0.2) is 11.8 Å². The normalized spacial score (nSPS) is 17.9. The van der Waals surface area contributed by atoms with E-state index in [1.165, 1.54) is 12.2 Å². The predicted molar refractivity (Wildman–Crippen MR) is 36.2 cm³/mol. The van der Waals surface area contributed by atoms with E-state index in [0.29, 0.717) is 0 Å². The molecule has 0 aliphatic carbocycles. The van der Waals surface area contributed by atoms with Gasteiger partial charge in [0.25, 0.3) is 0 Å². The molecule has 1 aliphatic heterocycles. The molecule has 0 fully saturated rings. The van der Waals surface area contributed by atoms with Crippen molar-refractivity contribution in [3.05, 3.63) is 11.8 Å². The third kappa shape index (κ3) is 3.50. The van der Waals surface area contributed by atoms with Crippen LogP contribution in [0, 0.1) is 0 Å². The monoisotopic (exact) mass is 156 g/mol. The standard InChI is InChI=1S/C4H7NOS.K/c1-4-2-3-5-7-6-4;/h2,5H,3H2,1H3;. The fraction of sp³-hybridized carbons (Fsp3) is 0.500. The summed E-state index contributed by atoms with van der Waals surface area (Å²) in [6.45, 7) is 2.85. The van der Waals surface area contributed by atoms with Gasteiger partial charge in [0.05, 0.1) is 0 Å². The van der Waals surface area contributed by atoms with Gasteiger partial charge in [-0.1, -0.05) is 0 Å². The van der Waals surface area contributed by atoms with Crippen molar-refractivity contribution in [3.8, 4) is 0 Å². The Morgan fingerprint density at radius 2 is 2.62 bits per heavy atom. The fourth-order valence-electron chi connectivity index (χ4n) is 0.349. The second-order valence-corrected chi connectivity index (χ2v) is 1.95. The summed E-state index contributed by atoms with van der Waals surface area (Å²) < 4.78 is 7.88. The molecule has 0 amide bonds. The largest absolute Gasteiger partial charge is 0.415 e. The third-order valence-electron chi connectivity index (χ3n) is 0.705. The minimum absolute atomic E-state index is 0. The van der Waals surface area contributed by atoms with Gasteiger partial charge in [0.1, 0.15) is 18.0 Å². The summed E-state index contributed by atoms with van der Waals surface area (Å²) in [5, 5.41) is 0. The smallest absolute Gasteiger partial charge is 0.143 e. The van der Waals surface area contributed by atoms with Crippen molar-refractivity contribution >= 4 is 63.6 Å². The maximum Gasteiger partial charge on any atom is 0.143 e. The Bertz CT molecular complexity index is 96.0. The Balaban J connectivity index is 0.000000490. The molecule has 0 aromatic rings. The summed E-state index contributed by atoms with van der Waals surface area (Å²) in [6, 6.07) is 0. The predicted octanol–water partition coefficient (Wildman–Crippen LogP) is 0.692. The molecular weight excluding hydrogens is 149 g/mol. The molecule has 4 heteroatoms. The second kappa shape index (κ2) is 5.29. The maximum atomic E-state index is 4.94.